The van der Waals surface area contributed by atoms with Crippen molar-refractivity contribution in [1.29, 1.82) is 0 Å². The number of hydrogen-bond donors (Lipinski definition) is 1. The van der Waals surface area contributed by atoms with Crippen molar-refractivity contribution < 1.29 is 23.8 Å². The van der Waals surface area contributed by atoms with Gasteiger partial charge in [0.2, 0.25) is 0 Å². The number of hydrogen-bond acceptors (Lipinski definition) is 4. The van der Waals surface area contributed by atoms with E-state index >= 15 is 0 Å². The second-order valence-corrected chi connectivity index (χ2v) is 3.12. The van der Waals surface area contributed by atoms with Crippen LogP contribution in [-0.2, 0) is 14.3 Å². The molecule has 0 radical (unpaired) electrons. The van der Waals surface area contributed by atoms with E-state index in [1.54, 1.807) is 6.92 Å². The van der Waals surface area contributed by atoms with E-state index in [9.17, 15) is 19.1 Å². The molecule has 1 aromatic rings. The fourth-order valence-corrected chi connectivity index (χ4v) is 1.12. The Balaban J connectivity index is 0.00000289. The van der Waals surface area contributed by atoms with E-state index in [1.807, 2.05) is 0 Å². The number of esters is 1. The van der Waals surface area contributed by atoms with Gasteiger partial charge in [0.25, 0.3) is 5.78 Å². The molecule has 18 heavy (non-hydrogen) atoms. The van der Waals surface area contributed by atoms with Crippen LogP contribution in [0.4, 0.5) is 4.39 Å². The first-order valence-electron chi connectivity index (χ1n) is 4.92. The molecule has 0 amide bonds. The third kappa shape index (κ3) is 4.74. The number of ether oxygens (including phenoxy) is 1. The molecule has 0 atom stereocenters. The van der Waals surface area contributed by atoms with E-state index < -0.39 is 23.3 Å². The van der Waals surface area contributed by atoms with Crippen LogP contribution in [0.15, 0.2) is 30.3 Å². The fourth-order valence-electron chi connectivity index (χ4n) is 1.12. The van der Waals surface area contributed by atoms with Crippen LogP contribution >= 0.6 is 0 Å². The van der Waals surface area contributed by atoms with Crippen molar-refractivity contribution in [2.24, 2.45) is 0 Å². The molecule has 0 unspecified atom stereocenters. The van der Waals surface area contributed by atoms with Gasteiger partial charge >= 0.3 is 24.8 Å². The van der Waals surface area contributed by atoms with Gasteiger partial charge in [-0.05, 0) is 19.1 Å². The predicted molar refractivity (Wildman–Crippen MR) is 65.8 cm³/mol. The summed E-state index contributed by atoms with van der Waals surface area (Å²) in [6, 6.07) is 5.03. The van der Waals surface area contributed by atoms with Gasteiger partial charge in [0.1, 0.15) is 11.6 Å². The minimum absolute atomic E-state index is 0. The molecule has 1 aromatic carbocycles. The molecule has 0 saturated carbocycles. The first-order chi connectivity index (χ1) is 8.04. The molecule has 0 heterocycles. The molecule has 0 aliphatic rings. The van der Waals surface area contributed by atoms with Gasteiger partial charge in [0, 0.05) is 11.6 Å². The van der Waals surface area contributed by atoms with Crippen molar-refractivity contribution in [3.05, 3.63) is 41.7 Å². The number of aliphatic hydroxyl groups excluding tert-OH is 1. The average molecular weight is 246 g/mol. The van der Waals surface area contributed by atoms with Crippen LogP contribution in [-0.4, -0.2) is 42.3 Å². The van der Waals surface area contributed by atoms with Gasteiger partial charge in [-0.1, -0.05) is 12.1 Å². The summed E-state index contributed by atoms with van der Waals surface area (Å²) in [7, 11) is 0. The van der Waals surface area contributed by atoms with Crippen molar-refractivity contribution in [3.63, 3.8) is 0 Å². The third-order valence-corrected chi connectivity index (χ3v) is 1.86. The van der Waals surface area contributed by atoms with Gasteiger partial charge in [0.05, 0.1) is 6.61 Å². The van der Waals surface area contributed by atoms with Gasteiger partial charge < -0.3 is 9.84 Å². The molecule has 92 valence electrons. The molecule has 0 spiro atoms. The van der Waals surface area contributed by atoms with Crippen LogP contribution in [0.5, 0.6) is 0 Å². The summed E-state index contributed by atoms with van der Waals surface area (Å²) in [5, 5.41) is 9.50. The Bertz CT molecular complexity index is 471. The molecule has 4 nitrogen and oxygen atoms in total. The molecule has 0 bridgehead atoms. The summed E-state index contributed by atoms with van der Waals surface area (Å²) in [6.45, 7) is 1.63. The second kappa shape index (κ2) is 7.70. The van der Waals surface area contributed by atoms with Crippen LogP contribution in [0.1, 0.15) is 12.5 Å². The van der Waals surface area contributed by atoms with Gasteiger partial charge in [-0.2, -0.15) is 0 Å². The van der Waals surface area contributed by atoms with Gasteiger partial charge in [-0.25, -0.2) is 9.18 Å². The fraction of sp³-hybridized carbons (Fsp3) is 0.167. The van der Waals surface area contributed by atoms with Crippen LogP contribution in [0.2, 0.25) is 0 Å². The summed E-state index contributed by atoms with van der Waals surface area (Å²) >= 11 is 0. The number of aliphatic hydroxyl groups is 1. The molecule has 1 rings (SSSR count). The number of ketones is 1. The Kier molecular flexibility index (Phi) is 7.02. The van der Waals surface area contributed by atoms with Crippen LogP contribution in [0.3, 0.4) is 0 Å². The quantitative estimate of drug-likeness (QED) is 0.285. The summed E-state index contributed by atoms with van der Waals surface area (Å²) < 4.78 is 17.3. The molecule has 0 fully saturated rings. The van der Waals surface area contributed by atoms with Crippen LogP contribution in [0, 0.1) is 5.82 Å². The Morgan fingerprint density at radius 3 is 2.67 bits per heavy atom. The summed E-state index contributed by atoms with van der Waals surface area (Å²) in [6.07, 6.45) is 0.701. The average Bonchev–Trinajstić information content (AvgIpc) is 2.29. The number of carbonyl (C=O) groups excluding carboxylic acids is 2. The van der Waals surface area contributed by atoms with Gasteiger partial charge in [-0.15, -0.1) is 0 Å². The molecular weight excluding hydrogens is 234 g/mol. The van der Waals surface area contributed by atoms with Gasteiger partial charge in [0.15, 0.2) is 0 Å². The van der Waals surface area contributed by atoms with E-state index in [1.165, 1.54) is 18.2 Å². The Morgan fingerprint density at radius 2 is 2.11 bits per heavy atom. The van der Waals surface area contributed by atoms with Crippen molar-refractivity contribution in [2.45, 2.75) is 6.92 Å². The van der Waals surface area contributed by atoms with Crippen molar-refractivity contribution >= 4 is 36.4 Å². The Hall–Kier alpha value is -1.57. The molecule has 0 aliphatic heterocycles. The van der Waals surface area contributed by atoms with E-state index in [-0.39, 0.29) is 31.0 Å². The Labute approximate surface area is 116 Å². The first-order valence-corrected chi connectivity index (χ1v) is 4.92. The predicted octanol–water partition coefficient (Wildman–Crippen LogP) is 1.21. The van der Waals surface area contributed by atoms with Crippen molar-refractivity contribution in [2.75, 3.05) is 6.61 Å². The first kappa shape index (κ1) is 16.4. The summed E-state index contributed by atoms with van der Waals surface area (Å²) in [5.74, 6) is -3.09. The number of rotatable bonds is 4. The molecule has 0 aliphatic carbocycles. The van der Waals surface area contributed by atoms with E-state index in [4.69, 9.17) is 0 Å². The molecular formula is C12H12FLiO4. The van der Waals surface area contributed by atoms with Crippen molar-refractivity contribution in [1.82, 2.24) is 0 Å². The summed E-state index contributed by atoms with van der Waals surface area (Å²) in [5.41, 5.74) is 0.114. The van der Waals surface area contributed by atoms with E-state index in [2.05, 4.69) is 4.74 Å². The normalized spacial score (nSPS) is 10.4. The standard InChI is InChI=1S/C12H11FO4.Li.H/c1-2-17-12(16)11(15)7-10(14)8-4-3-5-9(13)6-8;;/h3-7,14H,2H2,1H3;;. The topological polar surface area (TPSA) is 63.6 Å². The maximum atomic E-state index is 12.8. The molecule has 0 aromatic heterocycles. The van der Waals surface area contributed by atoms with E-state index in [0.717, 1.165) is 6.07 Å². The maximum absolute atomic E-state index is 12.8. The molecule has 1 N–H and O–H groups in total. The van der Waals surface area contributed by atoms with Gasteiger partial charge in [-0.3, -0.25) is 4.79 Å². The van der Waals surface area contributed by atoms with Crippen LogP contribution in [0.25, 0.3) is 5.76 Å². The SMILES string of the molecule is CCOC(=O)C(=O)C=C(O)c1cccc(F)c1.[LiH]. The number of benzene rings is 1. The number of carbonyl (C=O) groups is 2. The minimum atomic E-state index is -1.06. The molecule has 6 heteroatoms. The summed E-state index contributed by atoms with van der Waals surface area (Å²) in [4.78, 5) is 22.2. The zero-order chi connectivity index (χ0) is 12.8. The van der Waals surface area contributed by atoms with E-state index in [0.29, 0.717) is 6.08 Å². The zero-order valence-electron chi connectivity index (χ0n) is 9.14. The third-order valence-electron chi connectivity index (χ3n) is 1.86. The second-order valence-electron chi connectivity index (χ2n) is 3.12. The molecule has 0 saturated heterocycles. The van der Waals surface area contributed by atoms with Crippen LogP contribution < -0.4 is 0 Å². The Morgan fingerprint density at radius 1 is 1.44 bits per heavy atom. The number of halogens is 1. The zero-order valence-corrected chi connectivity index (χ0v) is 9.14. The van der Waals surface area contributed by atoms with Crippen molar-refractivity contribution in [3.8, 4) is 0 Å². The monoisotopic (exact) mass is 246 g/mol.